The number of amides is 1. The number of aromatic nitrogens is 2. The third-order valence-electron chi connectivity index (χ3n) is 5.72. The molecule has 2 unspecified atom stereocenters. The number of likely N-dealkylation sites (tertiary alicyclic amines) is 1. The standard InChI is InChI=1S/C19H26N4O2S.C2HF3O2/c1-13(2)23-16(4-6-21-23)15-10-22(11-17-14(3)5-9-26-17)12-19(15)18(24)20-7-8-25-19;3-2(4,5)1(6)7/h4-6,9,13,15H,7-8,10-12H2,1-3H3,(H,20,24);(H,6,7). The highest BCUT2D eigenvalue weighted by Gasteiger charge is 2.56. The van der Waals surface area contributed by atoms with Crippen LogP contribution in [-0.4, -0.2) is 69.7 Å². The topological polar surface area (TPSA) is 96.7 Å². The summed E-state index contributed by atoms with van der Waals surface area (Å²) in [6.07, 6.45) is -3.25. The second-order valence-electron chi connectivity index (χ2n) is 8.34. The lowest BCUT2D eigenvalue weighted by Crippen LogP contribution is -2.59. The van der Waals surface area contributed by atoms with Crippen molar-refractivity contribution >= 4 is 23.2 Å². The number of carboxylic acid groups (broad SMARTS) is 1. The summed E-state index contributed by atoms with van der Waals surface area (Å²) in [6.45, 7) is 9.79. The van der Waals surface area contributed by atoms with E-state index in [9.17, 15) is 18.0 Å². The smallest absolute Gasteiger partial charge is 0.475 e. The molecule has 2 aromatic rings. The Labute approximate surface area is 193 Å². The second-order valence-corrected chi connectivity index (χ2v) is 9.34. The number of rotatable bonds is 4. The van der Waals surface area contributed by atoms with Gasteiger partial charge in [0, 0.05) is 49.0 Å². The summed E-state index contributed by atoms with van der Waals surface area (Å²) in [5.74, 6) is -2.77. The molecule has 182 valence electrons. The summed E-state index contributed by atoms with van der Waals surface area (Å²) >= 11 is 1.78. The van der Waals surface area contributed by atoms with Crippen molar-refractivity contribution < 1.29 is 32.6 Å². The Hall–Kier alpha value is -2.44. The Morgan fingerprint density at radius 2 is 2.12 bits per heavy atom. The molecule has 0 saturated carbocycles. The Kier molecular flexibility index (Phi) is 7.49. The molecular weight excluding hydrogens is 461 g/mol. The molecule has 1 amide bonds. The fourth-order valence-corrected chi connectivity index (χ4v) is 5.10. The minimum Gasteiger partial charge on any atom is -0.475 e. The van der Waals surface area contributed by atoms with Crippen LogP contribution in [0.25, 0.3) is 0 Å². The van der Waals surface area contributed by atoms with Crippen molar-refractivity contribution in [2.24, 2.45) is 0 Å². The normalized spacial score (nSPS) is 23.5. The Bertz CT molecular complexity index is 990. The lowest BCUT2D eigenvalue weighted by atomic mass is 9.86. The number of carboxylic acids is 1. The van der Waals surface area contributed by atoms with E-state index in [4.69, 9.17) is 14.6 Å². The largest absolute Gasteiger partial charge is 0.490 e. The van der Waals surface area contributed by atoms with Crippen molar-refractivity contribution in [3.63, 3.8) is 0 Å². The molecule has 2 N–H and O–H groups in total. The molecule has 2 aromatic heterocycles. The van der Waals surface area contributed by atoms with Gasteiger partial charge in [0.05, 0.1) is 12.5 Å². The molecule has 0 bridgehead atoms. The molecule has 0 aromatic carbocycles. The van der Waals surface area contributed by atoms with Crippen LogP contribution < -0.4 is 5.32 Å². The van der Waals surface area contributed by atoms with Gasteiger partial charge >= 0.3 is 12.1 Å². The first-order valence-corrected chi connectivity index (χ1v) is 11.3. The van der Waals surface area contributed by atoms with Gasteiger partial charge < -0.3 is 15.2 Å². The van der Waals surface area contributed by atoms with Crippen LogP contribution in [0.3, 0.4) is 0 Å². The van der Waals surface area contributed by atoms with E-state index in [0.717, 1.165) is 18.8 Å². The van der Waals surface area contributed by atoms with Crippen LogP contribution in [0.1, 0.15) is 41.9 Å². The summed E-state index contributed by atoms with van der Waals surface area (Å²) in [7, 11) is 0. The van der Waals surface area contributed by atoms with E-state index in [1.54, 1.807) is 11.3 Å². The van der Waals surface area contributed by atoms with Gasteiger partial charge in [0.25, 0.3) is 5.91 Å². The van der Waals surface area contributed by atoms with Gasteiger partial charge in [0.15, 0.2) is 5.60 Å². The number of carbonyl (C=O) groups is 2. The van der Waals surface area contributed by atoms with E-state index in [1.807, 2.05) is 16.9 Å². The first-order valence-electron chi connectivity index (χ1n) is 10.5. The number of aliphatic carboxylic acids is 1. The van der Waals surface area contributed by atoms with Gasteiger partial charge in [-0.05, 0) is 43.8 Å². The molecule has 8 nitrogen and oxygen atoms in total. The first kappa shape index (κ1) is 25.2. The van der Waals surface area contributed by atoms with Gasteiger partial charge in [-0.25, -0.2) is 4.79 Å². The Morgan fingerprint density at radius 1 is 1.42 bits per heavy atom. The third-order valence-corrected chi connectivity index (χ3v) is 6.73. The molecule has 33 heavy (non-hydrogen) atoms. The maximum Gasteiger partial charge on any atom is 0.490 e. The number of morpholine rings is 1. The Balaban J connectivity index is 0.000000383. The summed E-state index contributed by atoms with van der Waals surface area (Å²) in [4.78, 5) is 25.5. The van der Waals surface area contributed by atoms with Gasteiger partial charge in [0.1, 0.15) is 0 Å². The van der Waals surface area contributed by atoms with E-state index < -0.39 is 17.7 Å². The highest BCUT2D eigenvalue weighted by Crippen LogP contribution is 2.41. The number of halogens is 3. The van der Waals surface area contributed by atoms with E-state index >= 15 is 0 Å². The highest BCUT2D eigenvalue weighted by atomic mass is 32.1. The lowest BCUT2D eigenvalue weighted by Gasteiger charge is -2.37. The fourth-order valence-electron chi connectivity index (χ4n) is 4.16. The number of nitrogens with zero attached hydrogens (tertiary/aromatic N) is 3. The zero-order valence-electron chi connectivity index (χ0n) is 18.6. The first-order chi connectivity index (χ1) is 15.5. The van der Waals surface area contributed by atoms with Crippen LogP contribution in [-0.2, 0) is 20.9 Å². The van der Waals surface area contributed by atoms with E-state index in [1.165, 1.54) is 10.4 Å². The average Bonchev–Trinajstić information content (AvgIpc) is 3.44. The minimum atomic E-state index is -5.08. The maximum atomic E-state index is 12.9. The predicted molar refractivity (Wildman–Crippen MR) is 115 cm³/mol. The van der Waals surface area contributed by atoms with Crippen molar-refractivity contribution in [2.75, 3.05) is 26.2 Å². The van der Waals surface area contributed by atoms with E-state index in [2.05, 4.69) is 47.5 Å². The second kappa shape index (κ2) is 9.82. The molecule has 2 aliphatic rings. The number of hydrogen-bond donors (Lipinski definition) is 2. The number of aryl methyl sites for hydroxylation is 1. The highest BCUT2D eigenvalue weighted by molar-refractivity contribution is 7.10. The molecular formula is C21H27F3N4O4S. The minimum absolute atomic E-state index is 0.00987. The summed E-state index contributed by atoms with van der Waals surface area (Å²) in [5, 5.41) is 16.8. The SMILES string of the molecule is Cc1ccsc1CN1CC(c2ccnn2C(C)C)C2(C1)OCCNC2=O.O=C(O)C(F)(F)F. The van der Waals surface area contributed by atoms with Crippen molar-refractivity contribution in [2.45, 2.75) is 51.1 Å². The van der Waals surface area contributed by atoms with Crippen LogP contribution in [0, 0.1) is 6.92 Å². The number of hydrogen-bond acceptors (Lipinski definition) is 6. The molecule has 0 radical (unpaired) electrons. The molecule has 2 fully saturated rings. The average molecular weight is 489 g/mol. The maximum absolute atomic E-state index is 12.9. The number of carbonyl (C=O) groups excluding carboxylic acids is 1. The monoisotopic (exact) mass is 488 g/mol. The molecule has 0 aliphatic carbocycles. The molecule has 2 atom stereocenters. The quantitative estimate of drug-likeness (QED) is 0.687. The molecule has 4 heterocycles. The van der Waals surface area contributed by atoms with Crippen molar-refractivity contribution in [1.82, 2.24) is 20.0 Å². The third kappa shape index (κ3) is 5.39. The number of alkyl halides is 3. The summed E-state index contributed by atoms with van der Waals surface area (Å²) in [6, 6.07) is 4.44. The van der Waals surface area contributed by atoms with Crippen LogP contribution in [0.2, 0.25) is 0 Å². The van der Waals surface area contributed by atoms with Gasteiger partial charge in [-0.2, -0.15) is 18.3 Å². The van der Waals surface area contributed by atoms with Gasteiger partial charge in [-0.1, -0.05) is 0 Å². The zero-order valence-corrected chi connectivity index (χ0v) is 19.4. The Morgan fingerprint density at radius 3 is 2.67 bits per heavy atom. The summed E-state index contributed by atoms with van der Waals surface area (Å²) < 4.78 is 40.0. The predicted octanol–water partition coefficient (Wildman–Crippen LogP) is 2.95. The van der Waals surface area contributed by atoms with E-state index in [-0.39, 0.29) is 17.9 Å². The van der Waals surface area contributed by atoms with Crippen LogP contribution in [0.15, 0.2) is 23.7 Å². The van der Waals surface area contributed by atoms with Crippen molar-refractivity contribution in [1.29, 1.82) is 0 Å². The van der Waals surface area contributed by atoms with Gasteiger partial charge in [-0.3, -0.25) is 14.4 Å². The number of ether oxygens (including phenoxy) is 1. The summed E-state index contributed by atoms with van der Waals surface area (Å²) in [5.41, 5.74) is 1.58. The number of thiophene rings is 1. The van der Waals surface area contributed by atoms with Gasteiger partial charge in [-0.15, -0.1) is 11.3 Å². The fraction of sp³-hybridized carbons (Fsp3) is 0.571. The molecule has 2 saturated heterocycles. The molecule has 2 aliphatic heterocycles. The van der Waals surface area contributed by atoms with Crippen LogP contribution in [0.5, 0.6) is 0 Å². The molecule has 12 heteroatoms. The van der Waals surface area contributed by atoms with Crippen LogP contribution in [0.4, 0.5) is 13.2 Å². The zero-order chi connectivity index (χ0) is 24.4. The molecule has 4 rings (SSSR count). The van der Waals surface area contributed by atoms with Crippen molar-refractivity contribution in [3.8, 4) is 0 Å². The van der Waals surface area contributed by atoms with Crippen LogP contribution >= 0.6 is 11.3 Å². The molecule has 1 spiro atoms. The van der Waals surface area contributed by atoms with Gasteiger partial charge in [0.2, 0.25) is 0 Å². The lowest BCUT2D eigenvalue weighted by molar-refractivity contribution is -0.192. The van der Waals surface area contributed by atoms with E-state index in [0.29, 0.717) is 19.7 Å². The van der Waals surface area contributed by atoms with Crippen molar-refractivity contribution in [3.05, 3.63) is 39.8 Å². The number of nitrogens with one attached hydrogen (secondary N) is 1.